The summed E-state index contributed by atoms with van der Waals surface area (Å²) in [6.07, 6.45) is 5.39. The quantitative estimate of drug-likeness (QED) is 0.571. The number of ether oxygens (including phenoxy) is 2. The smallest absolute Gasteiger partial charge is 0.346 e. The number of carbonyl (C=O) groups excluding carboxylic acids is 2. The third-order valence-electron chi connectivity index (χ3n) is 5.29. The number of benzene rings is 1. The van der Waals surface area contributed by atoms with Gasteiger partial charge in [-0.15, -0.1) is 5.01 Å². The van der Waals surface area contributed by atoms with Gasteiger partial charge in [0.2, 0.25) is 0 Å². The van der Waals surface area contributed by atoms with Gasteiger partial charge in [-0.2, -0.15) is 5.10 Å². The molecule has 1 heterocycles. The number of hydrogen-bond donors (Lipinski definition) is 1. The first-order valence-electron chi connectivity index (χ1n) is 9.61. The molecule has 1 spiro atoms. The Balaban J connectivity index is 1.79. The standard InChI is InChI=1S/C20H26ClN3O4/c1-4-9-28-17-15(21)10-14(11-16(17)27-3)12-22-24-18(25)20(23-19(24)26)7-5-13(2)6-8-20/h10-13H,4-9H2,1-3H3,(H,23,26)/b22-12-. The Labute approximate surface area is 170 Å². The molecule has 152 valence electrons. The third-order valence-corrected chi connectivity index (χ3v) is 5.57. The number of rotatable bonds is 6. The molecule has 1 aromatic carbocycles. The monoisotopic (exact) mass is 407 g/mol. The Hall–Kier alpha value is -2.28. The molecular weight excluding hydrogens is 382 g/mol. The molecule has 8 heteroatoms. The minimum Gasteiger partial charge on any atom is -0.493 e. The summed E-state index contributed by atoms with van der Waals surface area (Å²) in [5.41, 5.74) is -0.210. The Morgan fingerprint density at radius 1 is 1.36 bits per heavy atom. The number of carbonyl (C=O) groups is 2. The SMILES string of the molecule is CCCOc1c(Cl)cc(/C=N\N2C(=O)NC3(CCC(C)CC3)C2=O)cc1OC. The molecule has 0 radical (unpaired) electrons. The third kappa shape index (κ3) is 3.94. The molecule has 1 saturated carbocycles. The van der Waals surface area contributed by atoms with Crippen molar-refractivity contribution in [2.45, 2.75) is 51.5 Å². The molecule has 3 amide bonds. The van der Waals surface area contributed by atoms with Gasteiger partial charge >= 0.3 is 6.03 Å². The van der Waals surface area contributed by atoms with Crippen LogP contribution >= 0.6 is 11.6 Å². The summed E-state index contributed by atoms with van der Waals surface area (Å²) >= 11 is 6.31. The number of nitrogens with zero attached hydrogens (tertiary/aromatic N) is 2. The molecule has 1 N–H and O–H groups in total. The van der Waals surface area contributed by atoms with Crippen molar-refractivity contribution in [2.24, 2.45) is 11.0 Å². The van der Waals surface area contributed by atoms with Crippen molar-refractivity contribution in [2.75, 3.05) is 13.7 Å². The summed E-state index contributed by atoms with van der Waals surface area (Å²) in [6.45, 7) is 4.68. The van der Waals surface area contributed by atoms with Crippen LogP contribution in [-0.2, 0) is 4.79 Å². The Kier molecular flexibility index (Phi) is 6.13. The van der Waals surface area contributed by atoms with E-state index in [1.165, 1.54) is 13.3 Å². The van der Waals surface area contributed by atoms with E-state index in [4.69, 9.17) is 21.1 Å². The molecular formula is C20H26ClN3O4. The van der Waals surface area contributed by atoms with Gasteiger partial charge in [0.05, 0.1) is 25.0 Å². The lowest BCUT2D eigenvalue weighted by atomic mass is 9.77. The van der Waals surface area contributed by atoms with Gasteiger partial charge in [0.15, 0.2) is 11.5 Å². The zero-order valence-corrected chi connectivity index (χ0v) is 17.2. The fourth-order valence-corrected chi connectivity index (χ4v) is 3.86. The summed E-state index contributed by atoms with van der Waals surface area (Å²) < 4.78 is 11.0. The molecule has 7 nitrogen and oxygen atoms in total. The largest absolute Gasteiger partial charge is 0.493 e. The summed E-state index contributed by atoms with van der Waals surface area (Å²) in [6, 6.07) is 2.88. The molecule has 1 saturated heterocycles. The second-order valence-electron chi connectivity index (χ2n) is 7.44. The van der Waals surface area contributed by atoms with Gasteiger partial charge < -0.3 is 14.8 Å². The normalized spacial score (nSPS) is 24.9. The van der Waals surface area contributed by atoms with Crippen molar-refractivity contribution in [1.82, 2.24) is 10.3 Å². The highest BCUT2D eigenvalue weighted by Gasteiger charge is 2.52. The second-order valence-corrected chi connectivity index (χ2v) is 7.85. The Morgan fingerprint density at radius 3 is 2.71 bits per heavy atom. The van der Waals surface area contributed by atoms with Crippen LogP contribution in [0.5, 0.6) is 11.5 Å². The summed E-state index contributed by atoms with van der Waals surface area (Å²) in [5.74, 6) is 1.21. The first-order chi connectivity index (χ1) is 13.4. The van der Waals surface area contributed by atoms with Gasteiger partial charge in [0.25, 0.3) is 5.91 Å². The molecule has 2 aliphatic rings. The minimum atomic E-state index is -0.811. The lowest BCUT2D eigenvalue weighted by molar-refractivity contribution is -0.132. The minimum absolute atomic E-state index is 0.290. The van der Waals surface area contributed by atoms with E-state index < -0.39 is 11.6 Å². The Morgan fingerprint density at radius 2 is 2.07 bits per heavy atom. The van der Waals surface area contributed by atoms with E-state index in [-0.39, 0.29) is 5.91 Å². The van der Waals surface area contributed by atoms with Crippen LogP contribution in [0.25, 0.3) is 0 Å². The number of methoxy groups -OCH3 is 1. The summed E-state index contributed by atoms with van der Waals surface area (Å²) in [7, 11) is 1.52. The van der Waals surface area contributed by atoms with E-state index in [1.54, 1.807) is 12.1 Å². The maximum Gasteiger partial charge on any atom is 0.346 e. The molecule has 1 aliphatic carbocycles. The maximum atomic E-state index is 12.8. The number of imide groups is 1. The highest BCUT2D eigenvalue weighted by Crippen LogP contribution is 2.37. The van der Waals surface area contributed by atoms with E-state index in [9.17, 15) is 9.59 Å². The zero-order chi connectivity index (χ0) is 20.3. The highest BCUT2D eigenvalue weighted by molar-refractivity contribution is 6.32. The van der Waals surface area contributed by atoms with Crippen LogP contribution in [0.2, 0.25) is 5.02 Å². The van der Waals surface area contributed by atoms with E-state index in [1.807, 2.05) is 6.92 Å². The van der Waals surface area contributed by atoms with E-state index in [2.05, 4.69) is 17.3 Å². The highest BCUT2D eigenvalue weighted by atomic mass is 35.5. The number of urea groups is 1. The van der Waals surface area contributed by atoms with Crippen molar-refractivity contribution < 1.29 is 19.1 Å². The van der Waals surface area contributed by atoms with Crippen LogP contribution in [0.15, 0.2) is 17.2 Å². The van der Waals surface area contributed by atoms with Crippen molar-refractivity contribution in [3.8, 4) is 11.5 Å². The van der Waals surface area contributed by atoms with E-state index >= 15 is 0 Å². The molecule has 2 fully saturated rings. The van der Waals surface area contributed by atoms with Crippen molar-refractivity contribution in [3.63, 3.8) is 0 Å². The van der Waals surface area contributed by atoms with Gasteiger partial charge in [0.1, 0.15) is 5.54 Å². The van der Waals surface area contributed by atoms with E-state index in [0.29, 0.717) is 47.5 Å². The van der Waals surface area contributed by atoms with Crippen LogP contribution in [0.3, 0.4) is 0 Å². The topological polar surface area (TPSA) is 80.2 Å². The molecule has 0 unspecified atom stereocenters. The fourth-order valence-electron chi connectivity index (χ4n) is 3.59. The molecule has 1 aromatic rings. The predicted molar refractivity (Wildman–Crippen MR) is 107 cm³/mol. The van der Waals surface area contributed by atoms with E-state index in [0.717, 1.165) is 24.3 Å². The molecule has 0 aromatic heterocycles. The average molecular weight is 408 g/mol. The van der Waals surface area contributed by atoms with Crippen LogP contribution in [0.1, 0.15) is 51.5 Å². The molecule has 28 heavy (non-hydrogen) atoms. The van der Waals surface area contributed by atoms with Gasteiger partial charge in [-0.05, 0) is 55.7 Å². The van der Waals surface area contributed by atoms with Gasteiger partial charge in [-0.1, -0.05) is 25.4 Å². The number of amides is 3. The number of hydrazone groups is 1. The van der Waals surface area contributed by atoms with Crippen molar-refractivity contribution in [1.29, 1.82) is 0 Å². The predicted octanol–water partition coefficient (Wildman–Crippen LogP) is 3.97. The molecule has 1 aliphatic heterocycles. The lowest BCUT2D eigenvalue weighted by Crippen LogP contribution is -2.49. The van der Waals surface area contributed by atoms with Crippen LogP contribution in [0, 0.1) is 5.92 Å². The molecule has 0 bridgehead atoms. The maximum absolute atomic E-state index is 12.8. The number of nitrogens with one attached hydrogen (secondary N) is 1. The van der Waals surface area contributed by atoms with Gasteiger partial charge in [-0.25, -0.2) is 4.79 Å². The van der Waals surface area contributed by atoms with Crippen molar-refractivity contribution in [3.05, 3.63) is 22.7 Å². The van der Waals surface area contributed by atoms with Gasteiger partial charge in [-0.3, -0.25) is 4.79 Å². The van der Waals surface area contributed by atoms with Crippen molar-refractivity contribution >= 4 is 29.8 Å². The number of halogens is 1. The van der Waals surface area contributed by atoms with Crippen LogP contribution in [0.4, 0.5) is 4.79 Å². The molecule has 0 atom stereocenters. The summed E-state index contributed by atoms with van der Waals surface area (Å²) in [4.78, 5) is 25.2. The van der Waals surface area contributed by atoms with Crippen LogP contribution in [-0.4, -0.2) is 42.4 Å². The average Bonchev–Trinajstić information content (AvgIpc) is 2.91. The second kappa shape index (κ2) is 8.39. The Bertz CT molecular complexity index is 788. The lowest BCUT2D eigenvalue weighted by Gasteiger charge is -2.33. The fraction of sp³-hybridized carbons (Fsp3) is 0.550. The first-order valence-corrected chi connectivity index (χ1v) is 9.99. The first kappa shape index (κ1) is 20.5. The van der Waals surface area contributed by atoms with Crippen LogP contribution < -0.4 is 14.8 Å². The zero-order valence-electron chi connectivity index (χ0n) is 16.5. The molecule has 3 rings (SSSR count). The van der Waals surface area contributed by atoms with Gasteiger partial charge in [0, 0.05) is 0 Å². The number of hydrogen-bond acceptors (Lipinski definition) is 5. The summed E-state index contributed by atoms with van der Waals surface area (Å²) in [5, 5.41) is 8.26.